The first-order chi connectivity index (χ1) is 9.60. The number of nitrogens with zero attached hydrogens (tertiary/aromatic N) is 1. The third-order valence-corrected chi connectivity index (χ3v) is 3.63. The zero-order valence-corrected chi connectivity index (χ0v) is 13.8. The molecule has 0 fully saturated rings. The van der Waals surface area contributed by atoms with Gasteiger partial charge in [-0.2, -0.15) is 0 Å². The molecule has 1 N–H and O–H groups in total. The van der Waals surface area contributed by atoms with Gasteiger partial charge in [-0.05, 0) is 35.1 Å². The molecule has 0 spiro atoms. The van der Waals surface area contributed by atoms with Gasteiger partial charge in [-0.25, -0.2) is 4.98 Å². The molecule has 0 saturated heterocycles. The van der Waals surface area contributed by atoms with E-state index < -0.39 is 0 Å². The van der Waals surface area contributed by atoms with Gasteiger partial charge in [0.25, 0.3) is 0 Å². The van der Waals surface area contributed by atoms with Gasteiger partial charge in [0.2, 0.25) is 0 Å². The Morgan fingerprint density at radius 1 is 0.952 bits per heavy atom. The molecule has 0 aliphatic rings. The van der Waals surface area contributed by atoms with Crippen LogP contribution < -0.4 is 0 Å². The molecule has 2 nitrogen and oxygen atoms in total. The minimum Gasteiger partial charge on any atom is -0.507 e. The third-order valence-electron chi connectivity index (χ3n) is 3.63. The maximum Gasteiger partial charge on any atom is 0.123 e. The molecule has 2 aromatic rings. The maximum absolute atomic E-state index is 10.7. The third kappa shape index (κ3) is 3.26. The summed E-state index contributed by atoms with van der Waals surface area (Å²) in [4.78, 5) is 4.32. The Bertz CT molecular complexity index is 596. The van der Waals surface area contributed by atoms with Crippen LogP contribution in [-0.2, 0) is 10.8 Å². The predicted octanol–water partition coefficient (Wildman–Crippen LogP) is 4.85. The second-order valence-electron chi connectivity index (χ2n) is 7.57. The van der Waals surface area contributed by atoms with Crippen molar-refractivity contribution in [2.75, 3.05) is 0 Å². The van der Waals surface area contributed by atoms with Gasteiger partial charge in [-0.15, -0.1) is 0 Å². The number of pyridine rings is 1. The van der Waals surface area contributed by atoms with Crippen LogP contribution in [0.4, 0.5) is 0 Å². The van der Waals surface area contributed by atoms with E-state index in [1.54, 1.807) is 6.07 Å². The summed E-state index contributed by atoms with van der Waals surface area (Å²) in [7, 11) is 0. The fourth-order valence-corrected chi connectivity index (χ4v) is 2.41. The Balaban J connectivity index is 2.75. The van der Waals surface area contributed by atoms with Crippen LogP contribution in [0.1, 0.15) is 52.7 Å². The summed E-state index contributed by atoms with van der Waals surface area (Å²) in [5.74, 6) is 0.402. The number of hydrogen-bond donors (Lipinski definition) is 1. The summed E-state index contributed by atoms with van der Waals surface area (Å²) in [6, 6.07) is 9.78. The monoisotopic (exact) mass is 282 g/mol. The lowest BCUT2D eigenvalue weighted by molar-refractivity contribution is 0.423. The molecule has 0 unspecified atom stereocenters. The van der Waals surface area contributed by atoms with Crippen molar-refractivity contribution >= 4 is 0 Å². The number of aromatic hydroxyl groups is 1. The highest BCUT2D eigenvalue weighted by Crippen LogP contribution is 2.41. The Kier molecular flexibility index (Phi) is 3.83. The van der Waals surface area contributed by atoms with E-state index in [0.29, 0.717) is 5.75 Å². The van der Waals surface area contributed by atoms with Gasteiger partial charge >= 0.3 is 0 Å². The molecule has 2 rings (SSSR count). The molecule has 111 valence electrons. The molecule has 1 heterocycles. The highest BCUT2D eigenvalue weighted by molar-refractivity contribution is 5.66. The zero-order chi connectivity index (χ0) is 15.8. The van der Waals surface area contributed by atoms with Gasteiger partial charge in [0, 0.05) is 16.7 Å². The lowest BCUT2D eigenvalue weighted by Gasteiger charge is -2.28. The minimum atomic E-state index is -0.126. The van der Waals surface area contributed by atoms with E-state index in [1.807, 2.05) is 24.3 Å². The lowest BCUT2D eigenvalue weighted by Crippen LogP contribution is -2.17. The first-order valence-electron chi connectivity index (χ1n) is 7.32. The molecule has 1 radical (unpaired) electrons. The number of aromatic nitrogens is 1. The molecule has 0 aliphatic heterocycles. The van der Waals surface area contributed by atoms with Crippen LogP contribution >= 0.6 is 0 Å². The molecule has 1 aromatic heterocycles. The SMILES string of the molecule is CC(C)(C)c1cc(-c2ccc[c]n2)cc(C(C)(C)C)c1O. The first kappa shape index (κ1) is 15.6. The summed E-state index contributed by atoms with van der Waals surface area (Å²) in [6.45, 7) is 12.7. The lowest BCUT2D eigenvalue weighted by atomic mass is 9.78. The summed E-state index contributed by atoms with van der Waals surface area (Å²) >= 11 is 0. The minimum absolute atomic E-state index is 0.126. The molecular formula is C19H24NO. The average Bonchev–Trinajstić information content (AvgIpc) is 2.37. The molecule has 0 aliphatic carbocycles. The molecule has 0 saturated carbocycles. The first-order valence-corrected chi connectivity index (χ1v) is 7.32. The summed E-state index contributed by atoms with van der Waals surface area (Å²) in [5, 5.41) is 10.7. The standard InChI is InChI=1S/C19H24NO/c1-18(2,3)14-11-13(16-9-7-8-10-20-16)12-15(17(14)21)19(4,5)6/h7-9,11-12,21H,1-6H3. The number of phenolic OH excluding ortho intramolecular Hbond substituents is 1. The highest BCUT2D eigenvalue weighted by atomic mass is 16.3. The molecule has 1 aromatic carbocycles. The van der Waals surface area contributed by atoms with Crippen molar-refractivity contribution in [3.05, 3.63) is 47.7 Å². The fourth-order valence-electron chi connectivity index (χ4n) is 2.41. The molecule has 2 heteroatoms. The number of rotatable bonds is 1. The van der Waals surface area contributed by atoms with E-state index in [1.165, 1.54) is 0 Å². The van der Waals surface area contributed by atoms with Gasteiger partial charge in [-0.1, -0.05) is 47.6 Å². The van der Waals surface area contributed by atoms with Crippen molar-refractivity contribution in [2.45, 2.75) is 52.4 Å². The Labute approximate surface area is 127 Å². The van der Waals surface area contributed by atoms with E-state index in [-0.39, 0.29) is 10.8 Å². The van der Waals surface area contributed by atoms with E-state index in [2.05, 4.69) is 52.7 Å². The molecule has 0 amide bonds. The number of benzene rings is 1. The van der Waals surface area contributed by atoms with Crippen molar-refractivity contribution in [1.82, 2.24) is 4.98 Å². The quantitative estimate of drug-likeness (QED) is 0.811. The van der Waals surface area contributed by atoms with Crippen LogP contribution in [0.3, 0.4) is 0 Å². The second-order valence-corrected chi connectivity index (χ2v) is 7.57. The van der Waals surface area contributed by atoms with Crippen LogP contribution in [0.5, 0.6) is 5.75 Å². The van der Waals surface area contributed by atoms with Crippen molar-refractivity contribution in [1.29, 1.82) is 0 Å². The van der Waals surface area contributed by atoms with Crippen LogP contribution in [-0.4, -0.2) is 10.1 Å². The van der Waals surface area contributed by atoms with Crippen molar-refractivity contribution in [2.24, 2.45) is 0 Å². The fraction of sp³-hybridized carbons (Fsp3) is 0.421. The highest BCUT2D eigenvalue weighted by Gasteiger charge is 2.26. The summed E-state index contributed by atoms with van der Waals surface area (Å²) in [5.41, 5.74) is 3.57. The van der Waals surface area contributed by atoms with Gasteiger partial charge in [0.1, 0.15) is 5.75 Å². The van der Waals surface area contributed by atoms with Gasteiger partial charge in [0.05, 0.1) is 11.9 Å². The maximum atomic E-state index is 10.7. The molecule has 0 bridgehead atoms. The van der Waals surface area contributed by atoms with E-state index in [9.17, 15) is 5.11 Å². The van der Waals surface area contributed by atoms with Crippen LogP contribution in [0.25, 0.3) is 11.3 Å². The topological polar surface area (TPSA) is 33.1 Å². The van der Waals surface area contributed by atoms with Crippen molar-refractivity contribution in [3.8, 4) is 17.0 Å². The largest absolute Gasteiger partial charge is 0.507 e. The Hall–Kier alpha value is -1.83. The molecule has 21 heavy (non-hydrogen) atoms. The average molecular weight is 282 g/mol. The number of hydrogen-bond acceptors (Lipinski definition) is 2. The van der Waals surface area contributed by atoms with E-state index in [0.717, 1.165) is 22.4 Å². The van der Waals surface area contributed by atoms with Gasteiger partial charge < -0.3 is 5.11 Å². The Morgan fingerprint density at radius 2 is 1.48 bits per heavy atom. The van der Waals surface area contributed by atoms with Gasteiger partial charge in [0.15, 0.2) is 0 Å². The van der Waals surface area contributed by atoms with Crippen LogP contribution in [0, 0.1) is 6.20 Å². The van der Waals surface area contributed by atoms with E-state index >= 15 is 0 Å². The van der Waals surface area contributed by atoms with Gasteiger partial charge in [-0.3, -0.25) is 0 Å². The normalized spacial score (nSPS) is 12.5. The molecular weight excluding hydrogens is 258 g/mol. The second kappa shape index (κ2) is 5.18. The zero-order valence-electron chi connectivity index (χ0n) is 13.8. The summed E-state index contributed by atoms with van der Waals surface area (Å²) in [6.07, 6.45) is 2.88. The van der Waals surface area contributed by atoms with Crippen LogP contribution in [0.2, 0.25) is 0 Å². The smallest absolute Gasteiger partial charge is 0.123 e. The van der Waals surface area contributed by atoms with Crippen molar-refractivity contribution < 1.29 is 5.11 Å². The summed E-state index contributed by atoms with van der Waals surface area (Å²) < 4.78 is 0. The van der Waals surface area contributed by atoms with Crippen molar-refractivity contribution in [3.63, 3.8) is 0 Å². The molecule has 0 atom stereocenters. The van der Waals surface area contributed by atoms with E-state index in [4.69, 9.17) is 0 Å². The van der Waals surface area contributed by atoms with Crippen LogP contribution in [0.15, 0.2) is 30.3 Å². The predicted molar refractivity (Wildman–Crippen MR) is 87.6 cm³/mol. The number of phenols is 1. The Morgan fingerprint density at radius 3 is 1.86 bits per heavy atom.